The van der Waals surface area contributed by atoms with Gasteiger partial charge in [-0.25, -0.2) is 29.9 Å². The van der Waals surface area contributed by atoms with Gasteiger partial charge in [-0.1, -0.05) is 12.1 Å². The number of ether oxygens (including phenoxy) is 5. The van der Waals surface area contributed by atoms with Crippen LogP contribution in [0.15, 0.2) is 73.3 Å². The van der Waals surface area contributed by atoms with Crippen molar-refractivity contribution in [2.24, 2.45) is 5.73 Å². The van der Waals surface area contributed by atoms with Crippen molar-refractivity contribution >= 4 is 17.5 Å². The fourth-order valence-corrected chi connectivity index (χ4v) is 8.78. The Bertz CT molecular complexity index is 2370. The van der Waals surface area contributed by atoms with Crippen LogP contribution in [0.5, 0.6) is 11.5 Å². The molecule has 6 heterocycles. The molecule has 3 fully saturated rings. The molecule has 3 aromatic heterocycles. The standard InChI is InChI=1S/C49H66N12O7/c1-51-26-38(62)29-67-40-7-5-6-32(19-40)48-57-45(60(4)37-10-15-65-16-11-37)23-46(58-48)61-12-17-66-43(28-61)47(50)33-18-34(21-41(20-33)68-30-39(63)27-52-2)49-55-42(35-24-53-31-54-25-35)22-44(56-49)59(3)36-8-13-64-14-9-36/h5-7,18-25,31,36-39,43,47,51-52,62-63H,8-17,26-30,50H2,1-4H3/t38?,39?,43-,47?/m0/s1. The topological polar surface area (TPSA) is 224 Å². The molecule has 3 unspecified atom stereocenters. The molecule has 364 valence electrons. The van der Waals surface area contributed by atoms with Gasteiger partial charge < -0.3 is 65.0 Å². The van der Waals surface area contributed by atoms with Crippen molar-refractivity contribution in [3.8, 4) is 45.5 Å². The molecule has 19 heteroatoms. The summed E-state index contributed by atoms with van der Waals surface area (Å²) < 4.78 is 30.1. The predicted molar refractivity (Wildman–Crippen MR) is 260 cm³/mol. The molecule has 3 saturated heterocycles. The number of nitrogens with one attached hydrogen (secondary N) is 2. The lowest BCUT2D eigenvalue weighted by atomic mass is 9.98. The zero-order valence-electron chi connectivity index (χ0n) is 39.5. The Hall–Kier alpha value is -5.64. The van der Waals surface area contributed by atoms with Gasteiger partial charge in [0.25, 0.3) is 0 Å². The Labute approximate surface area is 398 Å². The second-order valence-corrected chi connectivity index (χ2v) is 17.6. The molecule has 0 saturated carbocycles. The van der Waals surface area contributed by atoms with Crippen LogP contribution in [0.1, 0.15) is 37.3 Å². The van der Waals surface area contributed by atoms with Crippen LogP contribution in [0.25, 0.3) is 34.0 Å². The maximum Gasteiger partial charge on any atom is 0.163 e. The van der Waals surface area contributed by atoms with Crippen LogP contribution < -0.4 is 40.5 Å². The molecule has 8 rings (SSSR count). The molecule has 19 nitrogen and oxygen atoms in total. The predicted octanol–water partition coefficient (Wildman–Crippen LogP) is 3.11. The van der Waals surface area contributed by atoms with Gasteiger partial charge in [0.05, 0.1) is 24.4 Å². The van der Waals surface area contributed by atoms with Crippen molar-refractivity contribution in [3.05, 3.63) is 78.9 Å². The lowest BCUT2D eigenvalue weighted by Crippen LogP contribution is -2.47. The molecule has 6 N–H and O–H groups in total. The smallest absolute Gasteiger partial charge is 0.163 e. The van der Waals surface area contributed by atoms with E-state index in [1.165, 1.54) is 6.33 Å². The van der Waals surface area contributed by atoms with Crippen molar-refractivity contribution in [2.45, 2.75) is 62.1 Å². The fourth-order valence-electron chi connectivity index (χ4n) is 8.78. The second-order valence-electron chi connectivity index (χ2n) is 17.6. The monoisotopic (exact) mass is 935 g/mol. The van der Waals surface area contributed by atoms with E-state index in [9.17, 15) is 10.2 Å². The lowest BCUT2D eigenvalue weighted by Gasteiger charge is -2.37. The Balaban J connectivity index is 1.12. The minimum absolute atomic E-state index is 0.0562. The molecule has 5 aromatic rings. The SMILES string of the molecule is CNCC(O)COc1cccc(-c2nc(N3CCO[C@H](C(N)c4cc(OCC(O)CNC)cc(-c5nc(-c6cncnc6)cc(N(C)C6CCOCC6)n5)c4)C3)cc(N(C)C3CCOCC3)n2)c1. The van der Waals surface area contributed by atoms with Gasteiger partial charge in [-0.3, -0.25) is 0 Å². The van der Waals surface area contributed by atoms with Crippen molar-refractivity contribution in [3.63, 3.8) is 0 Å². The summed E-state index contributed by atoms with van der Waals surface area (Å²) in [6, 6.07) is 17.3. The van der Waals surface area contributed by atoms with E-state index >= 15 is 0 Å². The average Bonchev–Trinajstić information content (AvgIpc) is 3.39. The van der Waals surface area contributed by atoms with Crippen molar-refractivity contribution < 1.29 is 33.9 Å². The third-order valence-corrected chi connectivity index (χ3v) is 12.7. The molecule has 0 bridgehead atoms. The minimum Gasteiger partial charge on any atom is -0.491 e. The van der Waals surface area contributed by atoms with E-state index in [4.69, 9.17) is 49.4 Å². The molecule has 0 spiro atoms. The number of nitrogens with two attached hydrogens (primary N) is 1. The summed E-state index contributed by atoms with van der Waals surface area (Å²) >= 11 is 0. The van der Waals surface area contributed by atoms with E-state index in [2.05, 4.69) is 49.4 Å². The normalized spacial score (nSPS) is 18.5. The van der Waals surface area contributed by atoms with Crippen LogP contribution >= 0.6 is 0 Å². The fraction of sp³-hybridized carbons (Fsp3) is 0.510. The van der Waals surface area contributed by atoms with Crippen molar-refractivity contribution in [1.82, 2.24) is 40.5 Å². The average molecular weight is 935 g/mol. The first-order chi connectivity index (χ1) is 33.1. The van der Waals surface area contributed by atoms with Crippen LogP contribution in [0.3, 0.4) is 0 Å². The molecule has 68 heavy (non-hydrogen) atoms. The zero-order valence-corrected chi connectivity index (χ0v) is 39.5. The number of anilines is 3. The van der Waals surface area contributed by atoms with Gasteiger partial charge in [0.15, 0.2) is 11.6 Å². The van der Waals surface area contributed by atoms with Gasteiger partial charge in [0, 0.05) is 120 Å². The van der Waals surface area contributed by atoms with E-state index in [1.807, 2.05) is 54.6 Å². The molecule has 0 amide bonds. The van der Waals surface area contributed by atoms with Crippen LogP contribution in [0, 0.1) is 0 Å². The van der Waals surface area contributed by atoms with E-state index in [-0.39, 0.29) is 25.3 Å². The summed E-state index contributed by atoms with van der Waals surface area (Å²) in [5.41, 5.74) is 10.9. The summed E-state index contributed by atoms with van der Waals surface area (Å²) in [6.07, 6.45) is 6.66. The summed E-state index contributed by atoms with van der Waals surface area (Å²) in [5.74, 6) is 4.43. The molecule has 2 aromatic carbocycles. The quantitative estimate of drug-likeness (QED) is 0.0756. The van der Waals surface area contributed by atoms with E-state index in [0.717, 1.165) is 59.8 Å². The number of morpholine rings is 1. The summed E-state index contributed by atoms with van der Waals surface area (Å²) in [6.45, 7) is 5.17. The Morgan fingerprint density at radius 3 is 1.97 bits per heavy atom. The van der Waals surface area contributed by atoms with Gasteiger partial charge >= 0.3 is 0 Å². The van der Waals surface area contributed by atoms with Crippen LogP contribution in [-0.2, 0) is 14.2 Å². The summed E-state index contributed by atoms with van der Waals surface area (Å²) in [7, 11) is 7.71. The molecular weight excluding hydrogens is 869 g/mol. The number of aromatic nitrogens is 6. The van der Waals surface area contributed by atoms with Crippen LogP contribution in [-0.4, -0.2) is 171 Å². The van der Waals surface area contributed by atoms with Gasteiger partial charge in [0.2, 0.25) is 0 Å². The highest BCUT2D eigenvalue weighted by atomic mass is 16.5. The van der Waals surface area contributed by atoms with Crippen molar-refractivity contribution in [1.29, 1.82) is 0 Å². The van der Waals surface area contributed by atoms with Gasteiger partial charge in [-0.2, -0.15) is 0 Å². The number of hydrogen-bond donors (Lipinski definition) is 5. The Morgan fingerprint density at radius 1 is 0.721 bits per heavy atom. The molecular formula is C49H66N12O7. The third kappa shape index (κ3) is 12.5. The van der Waals surface area contributed by atoms with Crippen LogP contribution in [0.2, 0.25) is 0 Å². The number of benzene rings is 2. The second kappa shape index (κ2) is 23.6. The maximum absolute atomic E-state index is 10.7. The Kier molecular flexibility index (Phi) is 16.9. The number of nitrogens with zero attached hydrogens (tertiary/aromatic N) is 9. The highest BCUT2D eigenvalue weighted by molar-refractivity contribution is 5.69. The first-order valence-corrected chi connectivity index (χ1v) is 23.6. The molecule has 3 aliphatic heterocycles. The molecule has 0 radical (unpaired) electrons. The number of aliphatic hydroxyl groups excluding tert-OH is 2. The van der Waals surface area contributed by atoms with E-state index in [0.29, 0.717) is 93.6 Å². The third-order valence-electron chi connectivity index (χ3n) is 12.7. The number of rotatable bonds is 20. The highest BCUT2D eigenvalue weighted by Crippen LogP contribution is 2.35. The maximum atomic E-state index is 10.7. The van der Waals surface area contributed by atoms with Gasteiger partial charge in [0.1, 0.15) is 60.7 Å². The zero-order chi connectivity index (χ0) is 47.4. The highest BCUT2D eigenvalue weighted by Gasteiger charge is 2.31. The first-order valence-electron chi connectivity index (χ1n) is 23.6. The molecule has 3 aliphatic rings. The minimum atomic E-state index is -0.743. The van der Waals surface area contributed by atoms with E-state index < -0.39 is 24.4 Å². The first kappa shape index (κ1) is 48.8. The summed E-state index contributed by atoms with van der Waals surface area (Å²) in [4.78, 5) is 35.7. The van der Waals surface area contributed by atoms with Crippen LogP contribution in [0.4, 0.5) is 17.5 Å². The van der Waals surface area contributed by atoms with Crippen molar-refractivity contribution in [2.75, 3.05) is 115 Å². The number of hydrogen-bond acceptors (Lipinski definition) is 19. The van der Waals surface area contributed by atoms with Gasteiger partial charge in [-0.15, -0.1) is 0 Å². The molecule has 4 atom stereocenters. The molecule has 0 aliphatic carbocycles. The van der Waals surface area contributed by atoms with Gasteiger partial charge in [-0.05, 0) is 75.7 Å². The van der Waals surface area contributed by atoms with E-state index in [1.54, 1.807) is 26.5 Å². The lowest BCUT2D eigenvalue weighted by molar-refractivity contribution is 0.0231. The largest absolute Gasteiger partial charge is 0.491 e. The number of likely N-dealkylation sites (N-methyl/N-ethyl adjacent to an activating group) is 2. The Morgan fingerprint density at radius 2 is 1.32 bits per heavy atom. The number of aliphatic hydroxyl groups is 2. The summed E-state index contributed by atoms with van der Waals surface area (Å²) in [5, 5.41) is 27.0.